The van der Waals surface area contributed by atoms with Crippen molar-refractivity contribution in [2.75, 3.05) is 5.32 Å². The molecule has 0 aliphatic carbocycles. The fraction of sp³-hybridized carbons (Fsp3) is 0.0833. The molecule has 0 saturated heterocycles. The number of carboxylic acids is 1. The third kappa shape index (κ3) is 2.54. The summed E-state index contributed by atoms with van der Waals surface area (Å²) in [4.78, 5) is 26.7. The van der Waals surface area contributed by atoms with Gasteiger partial charge in [-0.25, -0.2) is 4.79 Å². The first-order valence-corrected chi connectivity index (χ1v) is 5.99. The summed E-state index contributed by atoms with van der Waals surface area (Å²) in [5.41, 5.74) is 1.36. The van der Waals surface area contributed by atoms with Gasteiger partial charge in [-0.05, 0) is 30.0 Å². The van der Waals surface area contributed by atoms with Gasteiger partial charge in [-0.15, -0.1) is 11.3 Å². The van der Waals surface area contributed by atoms with Gasteiger partial charge in [0.2, 0.25) is 0 Å². The van der Waals surface area contributed by atoms with Crippen LogP contribution in [-0.2, 0) is 0 Å². The van der Waals surface area contributed by atoms with Gasteiger partial charge in [0.05, 0.1) is 11.1 Å². The highest BCUT2D eigenvalue weighted by Crippen LogP contribution is 2.23. The van der Waals surface area contributed by atoms with Crippen LogP contribution < -0.4 is 5.32 Å². The van der Waals surface area contributed by atoms with Gasteiger partial charge in [0, 0.05) is 12.4 Å². The number of rotatable bonds is 3. The Morgan fingerprint density at radius 3 is 2.83 bits per heavy atom. The van der Waals surface area contributed by atoms with E-state index in [2.05, 4.69) is 10.3 Å². The van der Waals surface area contributed by atoms with Crippen molar-refractivity contribution in [2.45, 2.75) is 6.92 Å². The fourth-order valence-corrected chi connectivity index (χ4v) is 2.20. The van der Waals surface area contributed by atoms with Crippen molar-refractivity contribution in [3.8, 4) is 0 Å². The van der Waals surface area contributed by atoms with Gasteiger partial charge in [0.1, 0.15) is 5.00 Å². The number of pyridine rings is 1. The lowest BCUT2D eigenvalue weighted by Gasteiger charge is -2.04. The molecule has 2 aromatic heterocycles. The van der Waals surface area contributed by atoms with Gasteiger partial charge in [-0.1, -0.05) is 0 Å². The highest BCUT2D eigenvalue weighted by molar-refractivity contribution is 7.14. The smallest absolute Gasteiger partial charge is 0.338 e. The summed E-state index contributed by atoms with van der Waals surface area (Å²) in [7, 11) is 0. The number of thiophene rings is 1. The van der Waals surface area contributed by atoms with Crippen molar-refractivity contribution < 1.29 is 14.7 Å². The van der Waals surface area contributed by atoms with Gasteiger partial charge in [-0.3, -0.25) is 9.78 Å². The van der Waals surface area contributed by atoms with Crippen molar-refractivity contribution in [1.29, 1.82) is 0 Å². The van der Waals surface area contributed by atoms with Crippen LogP contribution in [0.25, 0.3) is 0 Å². The minimum atomic E-state index is -1.06. The van der Waals surface area contributed by atoms with E-state index >= 15 is 0 Å². The number of carbonyl (C=O) groups is 2. The van der Waals surface area contributed by atoms with Crippen molar-refractivity contribution in [2.24, 2.45) is 0 Å². The zero-order valence-electron chi connectivity index (χ0n) is 9.51. The first-order valence-electron chi connectivity index (χ1n) is 5.11. The highest BCUT2D eigenvalue weighted by atomic mass is 32.1. The lowest BCUT2D eigenvalue weighted by molar-refractivity contribution is 0.0698. The molecule has 92 valence electrons. The number of hydrogen-bond acceptors (Lipinski definition) is 4. The maximum Gasteiger partial charge on any atom is 0.338 e. The van der Waals surface area contributed by atoms with Crippen molar-refractivity contribution in [3.63, 3.8) is 0 Å². The Morgan fingerprint density at radius 2 is 2.17 bits per heavy atom. The second-order valence-electron chi connectivity index (χ2n) is 3.67. The molecule has 0 bridgehead atoms. The van der Waals surface area contributed by atoms with Gasteiger partial charge in [0.25, 0.3) is 5.91 Å². The molecule has 18 heavy (non-hydrogen) atoms. The normalized spacial score (nSPS) is 10.1. The summed E-state index contributed by atoms with van der Waals surface area (Å²) >= 11 is 1.17. The quantitative estimate of drug-likeness (QED) is 0.890. The first kappa shape index (κ1) is 12.3. The topological polar surface area (TPSA) is 79.3 Å². The van der Waals surface area contributed by atoms with E-state index in [0.29, 0.717) is 10.6 Å². The summed E-state index contributed by atoms with van der Waals surface area (Å²) in [5, 5.41) is 13.4. The molecule has 0 aliphatic rings. The standard InChI is InChI=1S/C12H10N2O3S/c1-7-4-8(6-13-5-7)10(15)14-11-9(12(16)17)2-3-18-11/h2-6H,1H3,(H,14,15)(H,16,17). The molecule has 5 nitrogen and oxygen atoms in total. The Kier molecular flexibility index (Phi) is 3.38. The number of aryl methyl sites for hydroxylation is 1. The third-order valence-electron chi connectivity index (χ3n) is 2.26. The molecule has 0 radical (unpaired) electrons. The van der Waals surface area contributed by atoms with Crippen LogP contribution in [-0.4, -0.2) is 22.0 Å². The predicted octanol–water partition coefficient (Wildman–Crippen LogP) is 2.40. The first-order chi connectivity index (χ1) is 8.58. The zero-order chi connectivity index (χ0) is 13.1. The lowest BCUT2D eigenvalue weighted by Crippen LogP contribution is -2.13. The molecular weight excluding hydrogens is 252 g/mol. The number of hydrogen-bond donors (Lipinski definition) is 2. The van der Waals surface area contributed by atoms with Crippen molar-refractivity contribution in [1.82, 2.24) is 4.98 Å². The predicted molar refractivity (Wildman–Crippen MR) is 68.2 cm³/mol. The zero-order valence-corrected chi connectivity index (χ0v) is 10.3. The second-order valence-corrected chi connectivity index (χ2v) is 4.59. The molecule has 0 unspecified atom stereocenters. The summed E-state index contributed by atoms with van der Waals surface area (Å²) in [6.07, 6.45) is 3.08. The van der Waals surface area contributed by atoms with Crippen LogP contribution >= 0.6 is 11.3 Å². The Morgan fingerprint density at radius 1 is 1.39 bits per heavy atom. The minimum absolute atomic E-state index is 0.0916. The monoisotopic (exact) mass is 262 g/mol. The van der Waals surface area contributed by atoms with E-state index in [-0.39, 0.29) is 11.5 Å². The van der Waals surface area contributed by atoms with Gasteiger partial charge in [0.15, 0.2) is 0 Å². The molecule has 0 spiro atoms. The van der Waals surface area contributed by atoms with Crippen molar-refractivity contribution in [3.05, 3.63) is 46.6 Å². The molecule has 0 atom stereocenters. The number of amides is 1. The summed E-state index contributed by atoms with van der Waals surface area (Å²) in [6, 6.07) is 3.15. The molecule has 6 heteroatoms. The van der Waals surface area contributed by atoms with Crippen LogP contribution in [0.2, 0.25) is 0 Å². The largest absolute Gasteiger partial charge is 0.478 e. The van der Waals surface area contributed by atoms with Crippen LogP contribution in [0.3, 0.4) is 0 Å². The molecular formula is C12H10N2O3S. The second kappa shape index (κ2) is 4.97. The number of carboxylic acid groups (broad SMARTS) is 1. The average Bonchev–Trinajstić information content (AvgIpc) is 2.77. The average molecular weight is 262 g/mol. The Labute approximate surface area is 107 Å². The number of nitrogens with one attached hydrogen (secondary N) is 1. The maximum atomic E-state index is 11.9. The molecule has 0 fully saturated rings. The highest BCUT2D eigenvalue weighted by Gasteiger charge is 2.14. The Balaban J connectivity index is 2.21. The fourth-order valence-electron chi connectivity index (χ4n) is 1.43. The number of aromatic nitrogens is 1. The van der Waals surface area contributed by atoms with E-state index in [1.165, 1.54) is 23.6 Å². The Hall–Kier alpha value is -2.21. The lowest BCUT2D eigenvalue weighted by atomic mass is 10.2. The van der Waals surface area contributed by atoms with E-state index < -0.39 is 5.97 Å². The van der Waals surface area contributed by atoms with Crippen LogP contribution in [0.1, 0.15) is 26.3 Å². The maximum absolute atomic E-state index is 11.9. The molecule has 0 saturated carbocycles. The molecule has 2 rings (SSSR count). The van der Waals surface area contributed by atoms with Crippen molar-refractivity contribution >= 4 is 28.2 Å². The molecule has 0 aromatic carbocycles. The van der Waals surface area contributed by atoms with Gasteiger partial charge in [-0.2, -0.15) is 0 Å². The minimum Gasteiger partial charge on any atom is -0.478 e. The van der Waals surface area contributed by atoms with Crippen LogP contribution in [0, 0.1) is 6.92 Å². The van der Waals surface area contributed by atoms with Crippen LogP contribution in [0.15, 0.2) is 29.9 Å². The molecule has 1 amide bonds. The van der Waals surface area contributed by atoms with E-state index in [4.69, 9.17) is 5.11 Å². The number of nitrogens with zero attached hydrogens (tertiary/aromatic N) is 1. The summed E-state index contributed by atoms with van der Waals surface area (Å²) < 4.78 is 0. The SMILES string of the molecule is Cc1cncc(C(=O)Nc2sccc2C(=O)O)c1. The van der Waals surface area contributed by atoms with Gasteiger partial charge >= 0.3 is 5.97 Å². The Bertz CT molecular complexity index is 607. The number of carbonyl (C=O) groups excluding carboxylic acids is 1. The van der Waals surface area contributed by atoms with Gasteiger partial charge < -0.3 is 10.4 Å². The molecule has 2 aromatic rings. The molecule has 0 aliphatic heterocycles. The van der Waals surface area contributed by atoms with E-state index in [0.717, 1.165) is 5.56 Å². The molecule has 2 N–H and O–H groups in total. The third-order valence-corrected chi connectivity index (χ3v) is 3.09. The summed E-state index contributed by atoms with van der Waals surface area (Å²) in [5.74, 6) is -1.43. The van der Waals surface area contributed by atoms with E-state index in [9.17, 15) is 9.59 Å². The van der Waals surface area contributed by atoms with Crippen LogP contribution in [0.5, 0.6) is 0 Å². The van der Waals surface area contributed by atoms with E-state index in [1.54, 1.807) is 17.6 Å². The van der Waals surface area contributed by atoms with E-state index in [1.807, 2.05) is 6.92 Å². The number of aromatic carboxylic acids is 1. The summed E-state index contributed by atoms with van der Waals surface area (Å²) in [6.45, 7) is 1.83. The number of anilines is 1. The van der Waals surface area contributed by atoms with Crippen LogP contribution in [0.4, 0.5) is 5.00 Å². The molecule has 2 heterocycles.